The molecule has 1 rings (SSSR count). The lowest BCUT2D eigenvalue weighted by molar-refractivity contribution is -0.121. The van der Waals surface area contributed by atoms with Crippen LogP contribution in [-0.2, 0) is 16.1 Å². The number of ether oxygens (including phenoxy) is 1. The second-order valence-electron chi connectivity index (χ2n) is 6.54. The van der Waals surface area contributed by atoms with Crippen LogP contribution in [0, 0.1) is 5.41 Å². The minimum absolute atomic E-state index is 0.114. The van der Waals surface area contributed by atoms with Gasteiger partial charge in [0.2, 0.25) is 0 Å². The third kappa shape index (κ3) is 7.56. The summed E-state index contributed by atoms with van der Waals surface area (Å²) < 4.78 is 5.61. The topological polar surface area (TPSA) is 26.3 Å². The van der Waals surface area contributed by atoms with Gasteiger partial charge in [-0.2, -0.15) is 0 Å². The number of ketones is 1. The van der Waals surface area contributed by atoms with Gasteiger partial charge in [-0.15, -0.1) is 6.58 Å². The zero-order chi connectivity index (χ0) is 17.8. The highest BCUT2D eigenvalue weighted by atomic mass is 16.5. The molecule has 0 heterocycles. The third-order valence-electron chi connectivity index (χ3n) is 4.04. The maximum Gasteiger partial charge on any atom is 0.164 e. The second-order valence-corrected chi connectivity index (χ2v) is 6.54. The van der Waals surface area contributed by atoms with E-state index in [4.69, 9.17) is 4.74 Å². The number of carbonyl (C=O) groups excluding carboxylic acids is 1. The van der Waals surface area contributed by atoms with Crippen molar-refractivity contribution in [1.82, 2.24) is 0 Å². The van der Waals surface area contributed by atoms with E-state index < -0.39 is 5.41 Å². The molecule has 1 aromatic rings. The minimum atomic E-state index is -0.493. The van der Waals surface area contributed by atoms with E-state index in [9.17, 15) is 4.79 Å². The Morgan fingerprint density at radius 1 is 1.21 bits per heavy atom. The summed E-state index contributed by atoms with van der Waals surface area (Å²) in [7, 11) is 0. The van der Waals surface area contributed by atoms with E-state index >= 15 is 0 Å². The van der Waals surface area contributed by atoms with Gasteiger partial charge >= 0.3 is 0 Å². The summed E-state index contributed by atoms with van der Waals surface area (Å²) in [6.07, 6.45) is 9.92. The van der Waals surface area contributed by atoms with Crippen molar-refractivity contribution in [3.8, 4) is 0 Å². The largest absolute Gasteiger partial charge is 0.376 e. The van der Waals surface area contributed by atoms with Crippen molar-refractivity contribution in [2.45, 2.75) is 46.6 Å². The van der Waals surface area contributed by atoms with Crippen molar-refractivity contribution < 1.29 is 9.53 Å². The van der Waals surface area contributed by atoms with E-state index in [1.807, 2.05) is 43.3 Å². The van der Waals surface area contributed by atoms with E-state index in [1.165, 1.54) is 5.57 Å². The first kappa shape index (κ1) is 20.1. The van der Waals surface area contributed by atoms with Gasteiger partial charge in [0.05, 0.1) is 13.2 Å². The first-order chi connectivity index (χ1) is 11.5. The number of allylic oxidation sites excluding steroid dienone is 4. The smallest absolute Gasteiger partial charge is 0.164 e. The van der Waals surface area contributed by atoms with Crippen molar-refractivity contribution in [1.29, 1.82) is 0 Å². The Bertz CT molecular complexity index is 565. The molecule has 0 aromatic heterocycles. The zero-order valence-corrected chi connectivity index (χ0v) is 15.3. The number of benzene rings is 1. The van der Waals surface area contributed by atoms with Crippen molar-refractivity contribution in [3.63, 3.8) is 0 Å². The SMILES string of the molecule is C=C[C@@](C)(CCC=C(C)C)C(=O)/C=C/CCOCc1ccccc1. The molecule has 0 aliphatic heterocycles. The molecule has 130 valence electrons. The maximum absolute atomic E-state index is 12.4. The van der Waals surface area contributed by atoms with Crippen molar-refractivity contribution >= 4 is 5.78 Å². The van der Waals surface area contributed by atoms with E-state index in [1.54, 1.807) is 12.2 Å². The summed E-state index contributed by atoms with van der Waals surface area (Å²) in [5.74, 6) is 0.114. The molecular weight excluding hydrogens is 296 g/mol. The molecule has 0 spiro atoms. The fourth-order valence-electron chi connectivity index (χ4n) is 2.28. The molecule has 0 N–H and O–H groups in total. The monoisotopic (exact) mass is 326 g/mol. The molecule has 0 saturated carbocycles. The predicted octanol–water partition coefficient (Wildman–Crippen LogP) is 5.66. The summed E-state index contributed by atoms with van der Waals surface area (Å²) in [6, 6.07) is 10.1. The van der Waals surface area contributed by atoms with Gasteiger partial charge in [-0.05, 0) is 51.7 Å². The molecule has 0 fully saturated rings. The van der Waals surface area contributed by atoms with Crippen LogP contribution in [-0.4, -0.2) is 12.4 Å². The van der Waals surface area contributed by atoms with Crippen LogP contribution in [0.1, 0.15) is 45.6 Å². The van der Waals surface area contributed by atoms with Crippen molar-refractivity contribution in [3.05, 3.63) is 72.4 Å². The van der Waals surface area contributed by atoms with Gasteiger partial charge in [-0.1, -0.05) is 54.1 Å². The van der Waals surface area contributed by atoms with Crippen molar-refractivity contribution in [2.24, 2.45) is 5.41 Å². The Morgan fingerprint density at radius 2 is 1.92 bits per heavy atom. The highest BCUT2D eigenvalue weighted by molar-refractivity contribution is 5.95. The van der Waals surface area contributed by atoms with Crippen LogP contribution in [0.15, 0.2) is 66.8 Å². The molecule has 0 radical (unpaired) electrons. The van der Waals surface area contributed by atoms with Gasteiger partial charge < -0.3 is 4.74 Å². The van der Waals surface area contributed by atoms with E-state index in [0.29, 0.717) is 13.2 Å². The quantitative estimate of drug-likeness (QED) is 0.298. The van der Waals surface area contributed by atoms with Crippen LogP contribution >= 0.6 is 0 Å². The molecule has 2 nitrogen and oxygen atoms in total. The Balaban J connectivity index is 2.34. The Morgan fingerprint density at radius 3 is 2.54 bits per heavy atom. The highest BCUT2D eigenvalue weighted by Gasteiger charge is 2.26. The molecule has 0 bridgehead atoms. The first-order valence-corrected chi connectivity index (χ1v) is 8.57. The summed E-state index contributed by atoms with van der Waals surface area (Å²) in [6.45, 7) is 11.2. The van der Waals surface area contributed by atoms with Gasteiger partial charge in [-0.3, -0.25) is 4.79 Å². The number of hydrogen-bond acceptors (Lipinski definition) is 2. The van der Waals surface area contributed by atoms with Crippen LogP contribution in [0.3, 0.4) is 0 Å². The molecule has 1 atom stereocenters. The second kappa shape index (κ2) is 10.8. The molecule has 0 aliphatic carbocycles. The van der Waals surface area contributed by atoms with Crippen LogP contribution in [0.25, 0.3) is 0 Å². The maximum atomic E-state index is 12.4. The average Bonchev–Trinajstić information content (AvgIpc) is 2.58. The lowest BCUT2D eigenvalue weighted by Gasteiger charge is -2.21. The van der Waals surface area contributed by atoms with Gasteiger partial charge in [0.25, 0.3) is 0 Å². The standard InChI is InChI=1S/C22H30O2/c1-5-22(4,16-11-12-19(2)3)21(23)15-9-10-17-24-18-20-13-7-6-8-14-20/h5-9,12-15H,1,10-11,16-18H2,2-4H3/b15-9+/t22-/m0/s1. The molecule has 24 heavy (non-hydrogen) atoms. The Hall–Kier alpha value is -1.93. The van der Waals surface area contributed by atoms with Gasteiger partial charge in [0.1, 0.15) is 0 Å². The molecule has 1 aromatic carbocycles. The molecule has 0 aliphatic rings. The molecule has 0 saturated heterocycles. The van der Waals surface area contributed by atoms with Gasteiger partial charge in [0, 0.05) is 5.41 Å². The van der Waals surface area contributed by atoms with Crippen LogP contribution < -0.4 is 0 Å². The van der Waals surface area contributed by atoms with Crippen LogP contribution in [0.2, 0.25) is 0 Å². The predicted molar refractivity (Wildman–Crippen MR) is 102 cm³/mol. The lowest BCUT2D eigenvalue weighted by atomic mass is 9.81. The number of carbonyl (C=O) groups is 1. The average molecular weight is 326 g/mol. The molecule has 0 unspecified atom stereocenters. The van der Waals surface area contributed by atoms with Crippen molar-refractivity contribution in [2.75, 3.05) is 6.61 Å². The summed E-state index contributed by atoms with van der Waals surface area (Å²) in [5, 5.41) is 0. The molecule has 2 heteroatoms. The van der Waals surface area contributed by atoms with E-state index in [2.05, 4.69) is 26.5 Å². The van der Waals surface area contributed by atoms with Gasteiger partial charge in [0.15, 0.2) is 5.78 Å². The van der Waals surface area contributed by atoms with Gasteiger partial charge in [-0.25, -0.2) is 0 Å². The third-order valence-corrected chi connectivity index (χ3v) is 4.04. The molecule has 0 amide bonds. The Kier molecular flexibility index (Phi) is 9.03. The Labute approximate surface area is 146 Å². The minimum Gasteiger partial charge on any atom is -0.376 e. The fraction of sp³-hybridized carbons (Fsp3) is 0.409. The van der Waals surface area contributed by atoms with E-state index in [0.717, 1.165) is 24.8 Å². The lowest BCUT2D eigenvalue weighted by Crippen LogP contribution is -2.23. The normalized spacial score (nSPS) is 13.5. The molecular formula is C22H30O2. The number of hydrogen-bond donors (Lipinski definition) is 0. The first-order valence-electron chi connectivity index (χ1n) is 8.57. The highest BCUT2D eigenvalue weighted by Crippen LogP contribution is 2.27. The summed E-state index contributed by atoms with van der Waals surface area (Å²) in [4.78, 5) is 12.4. The zero-order valence-electron chi connectivity index (χ0n) is 15.3. The summed E-state index contributed by atoms with van der Waals surface area (Å²) >= 11 is 0. The fourth-order valence-corrected chi connectivity index (χ4v) is 2.28. The van der Waals surface area contributed by atoms with E-state index in [-0.39, 0.29) is 5.78 Å². The number of rotatable bonds is 11. The summed E-state index contributed by atoms with van der Waals surface area (Å²) in [5.41, 5.74) is 1.95. The van der Waals surface area contributed by atoms with Crippen LogP contribution in [0.5, 0.6) is 0 Å². The van der Waals surface area contributed by atoms with Crippen LogP contribution in [0.4, 0.5) is 0 Å².